The van der Waals surface area contributed by atoms with Gasteiger partial charge in [-0.25, -0.2) is 0 Å². The van der Waals surface area contributed by atoms with E-state index in [0.717, 1.165) is 5.56 Å². The minimum Gasteiger partial charge on any atom is -0.330 e. The number of hydrogen-bond donors (Lipinski definition) is 2. The summed E-state index contributed by atoms with van der Waals surface area (Å²) in [4.78, 5) is 8.77. The van der Waals surface area contributed by atoms with E-state index in [1.807, 2.05) is 30.3 Å². The van der Waals surface area contributed by atoms with Gasteiger partial charge in [-0.2, -0.15) is 4.89 Å². The molecule has 0 radical (unpaired) electrons. The second kappa shape index (κ2) is 5.07. The predicted molar refractivity (Wildman–Crippen MR) is 52.9 cm³/mol. The van der Waals surface area contributed by atoms with E-state index in [2.05, 4.69) is 0 Å². The van der Waals surface area contributed by atoms with Crippen LogP contribution in [0.2, 0.25) is 0 Å². The first-order valence-electron chi connectivity index (χ1n) is 4.12. The zero-order valence-corrected chi connectivity index (χ0v) is 8.15. The van der Waals surface area contributed by atoms with E-state index in [0.29, 0.717) is 6.54 Å². The van der Waals surface area contributed by atoms with E-state index in [4.69, 9.17) is 10.6 Å². The van der Waals surface area contributed by atoms with Gasteiger partial charge in [0.25, 0.3) is 0 Å². The van der Waals surface area contributed by atoms with Gasteiger partial charge >= 0.3 is 8.03 Å². The van der Waals surface area contributed by atoms with Crippen LogP contribution >= 0.6 is 8.03 Å². The highest BCUT2D eigenvalue weighted by molar-refractivity contribution is 7.38. The zero-order valence-electron chi connectivity index (χ0n) is 7.26. The van der Waals surface area contributed by atoms with Crippen LogP contribution in [0.1, 0.15) is 11.5 Å². The van der Waals surface area contributed by atoms with E-state index in [9.17, 15) is 4.57 Å². The first kappa shape index (κ1) is 10.3. The normalized spacial score (nSPS) is 13.8. The van der Waals surface area contributed by atoms with E-state index in [-0.39, 0.29) is 12.1 Å². The Morgan fingerprint density at radius 3 is 2.46 bits per heavy atom. The first-order valence-corrected chi connectivity index (χ1v) is 5.52. The van der Waals surface area contributed by atoms with Gasteiger partial charge in [-0.05, 0) is 10.1 Å². The molecule has 2 unspecified atom stereocenters. The van der Waals surface area contributed by atoms with Crippen molar-refractivity contribution in [1.29, 1.82) is 0 Å². The Balaban J connectivity index is 2.73. The number of rotatable bonds is 4. The molecule has 13 heavy (non-hydrogen) atoms. The summed E-state index contributed by atoms with van der Waals surface area (Å²) in [6, 6.07) is 9.58. The van der Waals surface area contributed by atoms with Crippen molar-refractivity contribution < 1.29 is 9.46 Å². The molecule has 0 saturated heterocycles. The lowest BCUT2D eigenvalue weighted by Crippen LogP contribution is -2.14. The molecule has 1 rings (SSSR count). The van der Waals surface area contributed by atoms with Gasteiger partial charge in [0, 0.05) is 12.5 Å². The average molecular weight is 198 g/mol. The summed E-state index contributed by atoms with van der Waals surface area (Å²) in [7, 11) is -2.10. The molecule has 1 aromatic carbocycles. The van der Waals surface area contributed by atoms with Crippen LogP contribution in [-0.4, -0.2) is 17.6 Å². The molecule has 0 aliphatic rings. The topological polar surface area (TPSA) is 63.3 Å². The fraction of sp³-hybridized carbons (Fsp3) is 0.333. The lowest BCUT2D eigenvalue weighted by Gasteiger charge is -2.07. The van der Waals surface area contributed by atoms with Gasteiger partial charge in [0.2, 0.25) is 0 Å². The first-order chi connectivity index (χ1) is 6.24. The van der Waals surface area contributed by atoms with Crippen LogP contribution in [0.15, 0.2) is 30.3 Å². The molecule has 0 aliphatic carbocycles. The van der Waals surface area contributed by atoms with E-state index in [1.54, 1.807) is 0 Å². The lowest BCUT2D eigenvalue weighted by atomic mass is 10.0. The molecular weight excluding hydrogens is 185 g/mol. The van der Waals surface area contributed by atoms with Crippen LogP contribution in [0, 0.1) is 0 Å². The molecule has 0 bridgehead atoms. The molecule has 3 N–H and O–H groups in total. The van der Waals surface area contributed by atoms with Crippen LogP contribution in [0.4, 0.5) is 0 Å². The van der Waals surface area contributed by atoms with Gasteiger partial charge in [-0.1, -0.05) is 30.3 Å². The van der Waals surface area contributed by atoms with Crippen molar-refractivity contribution in [2.24, 2.45) is 5.73 Å². The molecular formula is C9H13NO2P+. The maximum Gasteiger partial charge on any atom is 0.506 e. The second-order valence-corrected chi connectivity index (χ2v) is 3.95. The van der Waals surface area contributed by atoms with Gasteiger partial charge in [0.05, 0.1) is 0 Å². The van der Waals surface area contributed by atoms with E-state index >= 15 is 0 Å². The van der Waals surface area contributed by atoms with E-state index in [1.165, 1.54) is 0 Å². The van der Waals surface area contributed by atoms with E-state index < -0.39 is 8.03 Å². The van der Waals surface area contributed by atoms with Crippen molar-refractivity contribution in [3.8, 4) is 0 Å². The molecule has 70 valence electrons. The molecule has 2 atom stereocenters. The highest BCUT2D eigenvalue weighted by Gasteiger charge is 2.21. The van der Waals surface area contributed by atoms with Crippen LogP contribution in [0.3, 0.4) is 0 Å². The molecule has 4 heteroatoms. The lowest BCUT2D eigenvalue weighted by molar-refractivity contribution is 0.497. The summed E-state index contributed by atoms with van der Waals surface area (Å²) in [5.74, 6) is -0.00480. The van der Waals surface area contributed by atoms with Crippen molar-refractivity contribution in [1.82, 2.24) is 0 Å². The second-order valence-electron chi connectivity index (χ2n) is 2.88. The molecule has 3 nitrogen and oxygen atoms in total. The minimum absolute atomic E-state index is 0.00480. The third-order valence-electron chi connectivity index (χ3n) is 1.93. The molecule has 0 fully saturated rings. The Morgan fingerprint density at radius 2 is 2.00 bits per heavy atom. The smallest absolute Gasteiger partial charge is 0.330 e. The Hall–Kier alpha value is -0.760. The summed E-state index contributed by atoms with van der Waals surface area (Å²) in [6.07, 6.45) is 0.246. The van der Waals surface area contributed by atoms with Crippen LogP contribution < -0.4 is 5.73 Å². The van der Waals surface area contributed by atoms with Crippen molar-refractivity contribution >= 4 is 8.03 Å². The fourth-order valence-electron chi connectivity index (χ4n) is 1.23. The summed E-state index contributed by atoms with van der Waals surface area (Å²) < 4.78 is 10.6. The zero-order chi connectivity index (χ0) is 9.68. The van der Waals surface area contributed by atoms with Crippen molar-refractivity contribution in [2.45, 2.75) is 5.92 Å². The Bertz CT molecular complexity index is 276. The van der Waals surface area contributed by atoms with Gasteiger partial charge in [0.1, 0.15) is 0 Å². The predicted octanol–water partition coefficient (Wildman–Crippen LogP) is 1.46. The molecule has 0 amide bonds. The van der Waals surface area contributed by atoms with Crippen LogP contribution in [0.5, 0.6) is 0 Å². The minimum atomic E-state index is -2.10. The number of nitrogens with two attached hydrogens (primary N) is 1. The Kier molecular flexibility index (Phi) is 4.03. The summed E-state index contributed by atoms with van der Waals surface area (Å²) >= 11 is 0. The monoisotopic (exact) mass is 198 g/mol. The SMILES string of the molecule is NCC(C[P+](=O)O)c1ccccc1. The quantitative estimate of drug-likeness (QED) is 0.720. The Labute approximate surface area is 78.5 Å². The number of hydrogen-bond acceptors (Lipinski definition) is 2. The third-order valence-corrected chi connectivity index (χ3v) is 2.69. The highest BCUT2D eigenvalue weighted by atomic mass is 31.1. The Morgan fingerprint density at radius 1 is 1.38 bits per heavy atom. The fourth-order valence-corrected chi connectivity index (χ4v) is 1.97. The van der Waals surface area contributed by atoms with Crippen molar-refractivity contribution in [3.05, 3.63) is 35.9 Å². The van der Waals surface area contributed by atoms with Crippen LogP contribution in [-0.2, 0) is 4.57 Å². The van der Waals surface area contributed by atoms with Gasteiger partial charge in [0.15, 0.2) is 6.16 Å². The van der Waals surface area contributed by atoms with Crippen LogP contribution in [0.25, 0.3) is 0 Å². The molecule has 1 aromatic rings. The van der Waals surface area contributed by atoms with Gasteiger partial charge in [-0.3, -0.25) is 0 Å². The molecule has 0 saturated carbocycles. The van der Waals surface area contributed by atoms with Crippen molar-refractivity contribution in [2.75, 3.05) is 12.7 Å². The maximum atomic E-state index is 10.6. The average Bonchev–Trinajstić information content (AvgIpc) is 2.15. The maximum absolute atomic E-state index is 10.6. The highest BCUT2D eigenvalue weighted by Crippen LogP contribution is 2.25. The molecule has 0 spiro atoms. The summed E-state index contributed by atoms with van der Waals surface area (Å²) in [5.41, 5.74) is 6.54. The molecule has 0 aliphatic heterocycles. The van der Waals surface area contributed by atoms with Crippen molar-refractivity contribution in [3.63, 3.8) is 0 Å². The molecule has 0 aromatic heterocycles. The third kappa shape index (κ3) is 3.23. The summed E-state index contributed by atoms with van der Waals surface area (Å²) in [6.45, 7) is 0.408. The van der Waals surface area contributed by atoms with Gasteiger partial charge in [-0.15, -0.1) is 0 Å². The standard InChI is InChI=1S/C9H12NO2P/c10-6-9(7-13(11)12)8-4-2-1-3-5-8/h1-5,9H,6-7,10H2/p+1. The summed E-state index contributed by atoms with van der Waals surface area (Å²) in [5, 5.41) is 0. The molecule has 0 heterocycles. The number of benzene rings is 1. The van der Waals surface area contributed by atoms with Gasteiger partial charge < -0.3 is 5.73 Å². The largest absolute Gasteiger partial charge is 0.506 e.